The molecule has 1 aromatic carbocycles. The fraction of sp³-hybridized carbons (Fsp3) is 0.111. The van der Waals surface area contributed by atoms with Gasteiger partial charge < -0.3 is 9.47 Å². The zero-order chi connectivity index (χ0) is 7.94. The minimum atomic E-state index is 0.719. The molecule has 0 bridgehead atoms. The second-order valence-corrected chi connectivity index (χ2v) is 1.82. The molecule has 0 spiro atoms. The summed E-state index contributed by atoms with van der Waals surface area (Å²) in [6, 6.07) is 9.32. The summed E-state index contributed by atoms with van der Waals surface area (Å²) >= 11 is 0. The Morgan fingerprint density at radius 1 is 1.09 bits per heavy atom. The summed E-state index contributed by atoms with van der Waals surface area (Å²) in [4.78, 5) is 0. The Hall–Kier alpha value is -1.62. The van der Waals surface area contributed by atoms with Crippen LogP contribution in [0.4, 0.5) is 0 Å². The van der Waals surface area contributed by atoms with Crippen LogP contribution in [-0.4, -0.2) is 7.11 Å². The van der Waals surface area contributed by atoms with E-state index in [1.54, 1.807) is 0 Å². The Bertz CT molecular complexity index is 256. The number of methoxy groups -OCH3 is 1. The van der Waals surface area contributed by atoms with Gasteiger partial charge in [0.25, 0.3) is 0 Å². The largest absolute Gasteiger partial charge is 0.448 e. The van der Waals surface area contributed by atoms with Gasteiger partial charge in [-0.3, -0.25) is 0 Å². The van der Waals surface area contributed by atoms with Crippen LogP contribution in [0, 0.1) is 12.2 Å². The molecule has 0 heterocycles. The normalized spacial score (nSPS) is 7.73. The van der Waals surface area contributed by atoms with E-state index in [4.69, 9.17) is 4.74 Å². The highest BCUT2D eigenvalue weighted by Crippen LogP contribution is 2.06. The number of benzene rings is 1. The van der Waals surface area contributed by atoms with Gasteiger partial charge in [0.15, 0.2) is 12.2 Å². The van der Waals surface area contributed by atoms with Crippen LogP contribution in [0.5, 0.6) is 5.75 Å². The molecule has 0 radical (unpaired) electrons. The molecule has 1 aromatic rings. The molecule has 0 N–H and O–H groups in total. The van der Waals surface area contributed by atoms with Crippen molar-refractivity contribution in [2.24, 2.45) is 0 Å². The third-order valence-corrected chi connectivity index (χ3v) is 1.06. The molecule has 0 aliphatic rings. The fourth-order valence-electron chi connectivity index (χ4n) is 0.610. The van der Waals surface area contributed by atoms with Crippen LogP contribution in [0.15, 0.2) is 30.3 Å². The second-order valence-electron chi connectivity index (χ2n) is 1.82. The minimum Gasteiger partial charge on any atom is -0.448 e. The maximum Gasteiger partial charge on any atom is 0.161 e. The SMILES string of the molecule is COC#COc1ccccc1. The first-order valence-corrected chi connectivity index (χ1v) is 3.18. The van der Waals surface area contributed by atoms with Gasteiger partial charge in [-0.2, -0.15) is 0 Å². The summed E-state index contributed by atoms with van der Waals surface area (Å²) in [5.41, 5.74) is 0. The molecule has 0 saturated heterocycles. The average molecular weight is 148 g/mol. The molecule has 0 fully saturated rings. The average Bonchev–Trinajstić information content (AvgIpc) is 2.07. The van der Waals surface area contributed by atoms with E-state index in [1.165, 1.54) is 7.11 Å². The van der Waals surface area contributed by atoms with Gasteiger partial charge >= 0.3 is 0 Å². The van der Waals surface area contributed by atoms with Crippen LogP contribution >= 0.6 is 0 Å². The molecule has 0 aliphatic heterocycles. The second kappa shape index (κ2) is 4.24. The summed E-state index contributed by atoms with van der Waals surface area (Å²) < 4.78 is 9.44. The van der Waals surface area contributed by atoms with Gasteiger partial charge in [-0.25, -0.2) is 0 Å². The van der Waals surface area contributed by atoms with E-state index in [1.807, 2.05) is 30.3 Å². The van der Waals surface area contributed by atoms with E-state index < -0.39 is 0 Å². The summed E-state index contributed by atoms with van der Waals surface area (Å²) in [6.45, 7) is 0. The first kappa shape index (κ1) is 7.49. The van der Waals surface area contributed by atoms with Gasteiger partial charge in [-0.1, -0.05) is 18.2 Å². The summed E-state index contributed by atoms with van der Waals surface area (Å²) in [5.74, 6) is 0.719. The summed E-state index contributed by atoms with van der Waals surface area (Å²) in [5, 5.41) is 0. The maximum absolute atomic E-state index is 4.96. The van der Waals surface area contributed by atoms with Crippen molar-refractivity contribution in [2.75, 3.05) is 7.11 Å². The van der Waals surface area contributed by atoms with E-state index >= 15 is 0 Å². The van der Waals surface area contributed by atoms with Crippen molar-refractivity contribution in [3.63, 3.8) is 0 Å². The Balaban J connectivity index is 2.52. The number of para-hydroxylation sites is 1. The van der Waals surface area contributed by atoms with Gasteiger partial charge in [0.05, 0.1) is 7.11 Å². The minimum absolute atomic E-state index is 0.719. The van der Waals surface area contributed by atoms with Crippen molar-refractivity contribution in [1.29, 1.82) is 0 Å². The van der Waals surface area contributed by atoms with Crippen molar-refractivity contribution < 1.29 is 9.47 Å². The van der Waals surface area contributed by atoms with Crippen LogP contribution in [0.25, 0.3) is 0 Å². The van der Waals surface area contributed by atoms with Crippen LogP contribution in [0.2, 0.25) is 0 Å². The van der Waals surface area contributed by atoms with Crippen LogP contribution in [-0.2, 0) is 4.74 Å². The fourth-order valence-corrected chi connectivity index (χ4v) is 0.610. The molecule has 56 valence electrons. The first-order chi connectivity index (χ1) is 5.43. The van der Waals surface area contributed by atoms with E-state index in [9.17, 15) is 0 Å². The lowest BCUT2D eigenvalue weighted by Gasteiger charge is -1.92. The zero-order valence-electron chi connectivity index (χ0n) is 6.20. The Kier molecular flexibility index (Phi) is 2.88. The molecule has 0 saturated carbocycles. The molecule has 0 amide bonds. The van der Waals surface area contributed by atoms with Crippen molar-refractivity contribution in [3.8, 4) is 18.0 Å². The number of hydrogen-bond donors (Lipinski definition) is 0. The maximum atomic E-state index is 4.96. The third-order valence-electron chi connectivity index (χ3n) is 1.06. The lowest BCUT2D eigenvalue weighted by atomic mass is 10.3. The molecule has 2 heteroatoms. The van der Waals surface area contributed by atoms with Gasteiger partial charge in [0.1, 0.15) is 5.75 Å². The molecule has 2 nitrogen and oxygen atoms in total. The third kappa shape index (κ3) is 2.63. The molecular weight excluding hydrogens is 140 g/mol. The van der Waals surface area contributed by atoms with Gasteiger partial charge in [0, 0.05) is 0 Å². The molecule has 0 unspecified atom stereocenters. The molecule has 1 rings (SSSR count). The molecule has 0 aromatic heterocycles. The van der Waals surface area contributed by atoms with Crippen LogP contribution in [0.3, 0.4) is 0 Å². The van der Waals surface area contributed by atoms with Crippen LogP contribution < -0.4 is 4.74 Å². The number of ether oxygens (including phenoxy) is 2. The van der Waals surface area contributed by atoms with E-state index in [0.29, 0.717) is 0 Å². The summed E-state index contributed by atoms with van der Waals surface area (Å²) in [7, 11) is 1.49. The first-order valence-electron chi connectivity index (χ1n) is 3.18. The quantitative estimate of drug-likeness (QED) is 0.563. The molecule has 0 atom stereocenters. The number of hydrogen-bond acceptors (Lipinski definition) is 2. The van der Waals surface area contributed by atoms with Crippen molar-refractivity contribution >= 4 is 0 Å². The van der Waals surface area contributed by atoms with E-state index in [2.05, 4.69) is 16.9 Å². The topological polar surface area (TPSA) is 18.5 Å². The predicted octanol–water partition coefficient (Wildman–Crippen LogP) is 1.63. The molecule has 11 heavy (non-hydrogen) atoms. The molecular formula is C9H8O2. The smallest absolute Gasteiger partial charge is 0.161 e. The van der Waals surface area contributed by atoms with Gasteiger partial charge in [0.2, 0.25) is 0 Å². The highest BCUT2D eigenvalue weighted by molar-refractivity contribution is 5.22. The van der Waals surface area contributed by atoms with Crippen molar-refractivity contribution in [3.05, 3.63) is 30.3 Å². The standard InChI is InChI=1S/C9H8O2/c1-10-7-8-11-9-5-3-2-4-6-9/h2-6H,1H3. The highest BCUT2D eigenvalue weighted by atomic mass is 16.5. The number of rotatable bonds is 1. The zero-order valence-corrected chi connectivity index (χ0v) is 6.20. The Morgan fingerprint density at radius 3 is 2.45 bits per heavy atom. The predicted molar refractivity (Wildman–Crippen MR) is 41.9 cm³/mol. The highest BCUT2D eigenvalue weighted by Gasteiger charge is 1.84. The van der Waals surface area contributed by atoms with E-state index in [-0.39, 0.29) is 0 Å². The van der Waals surface area contributed by atoms with Gasteiger partial charge in [-0.05, 0) is 12.1 Å². The van der Waals surface area contributed by atoms with Crippen molar-refractivity contribution in [1.82, 2.24) is 0 Å². The van der Waals surface area contributed by atoms with Crippen LogP contribution in [0.1, 0.15) is 0 Å². The lowest BCUT2D eigenvalue weighted by molar-refractivity contribution is 0.363. The van der Waals surface area contributed by atoms with E-state index in [0.717, 1.165) is 5.75 Å². The van der Waals surface area contributed by atoms with Crippen molar-refractivity contribution in [2.45, 2.75) is 0 Å². The Labute approximate surface area is 65.8 Å². The van der Waals surface area contributed by atoms with Gasteiger partial charge in [-0.15, -0.1) is 0 Å². The summed E-state index contributed by atoms with van der Waals surface area (Å²) in [6.07, 6.45) is 4.70. The Morgan fingerprint density at radius 2 is 1.82 bits per heavy atom. The lowest BCUT2D eigenvalue weighted by Crippen LogP contribution is -1.81. The molecule has 0 aliphatic carbocycles. The monoisotopic (exact) mass is 148 g/mol.